The van der Waals surface area contributed by atoms with Gasteiger partial charge in [-0.05, 0) is 36.2 Å². The molecular formula is C15H15NO3. The number of aromatic nitrogens is 1. The van der Waals surface area contributed by atoms with Crippen molar-refractivity contribution in [2.24, 2.45) is 0 Å². The molecule has 1 N–H and O–H groups in total. The summed E-state index contributed by atoms with van der Waals surface area (Å²) in [6.07, 6.45) is 0.911. The monoisotopic (exact) mass is 257 g/mol. The van der Waals surface area contributed by atoms with Crippen molar-refractivity contribution in [3.05, 3.63) is 65.0 Å². The van der Waals surface area contributed by atoms with Crippen LogP contribution in [-0.4, -0.2) is 23.2 Å². The minimum atomic E-state index is -0.799. The zero-order valence-electron chi connectivity index (χ0n) is 10.8. The Morgan fingerprint density at radius 3 is 2.42 bits per heavy atom. The predicted molar refractivity (Wildman–Crippen MR) is 70.8 cm³/mol. The van der Waals surface area contributed by atoms with Crippen LogP contribution in [0.3, 0.4) is 0 Å². The van der Waals surface area contributed by atoms with Gasteiger partial charge in [-0.15, -0.1) is 0 Å². The van der Waals surface area contributed by atoms with E-state index in [1.807, 2.05) is 13.0 Å². The standard InChI is InChI=1S/C15H15NO3/c1-10-3-8-13(16-9-10)14(17)11-4-6-12(7-5-11)15(18)19-2/h3-9,14,17H,1-2H3. The molecule has 1 aromatic heterocycles. The minimum absolute atomic E-state index is 0.394. The van der Waals surface area contributed by atoms with Crippen LogP contribution in [0.25, 0.3) is 0 Å². The van der Waals surface area contributed by atoms with Crippen molar-refractivity contribution in [2.75, 3.05) is 7.11 Å². The summed E-state index contributed by atoms with van der Waals surface area (Å²) in [4.78, 5) is 15.5. The number of hydrogen-bond acceptors (Lipinski definition) is 4. The molecule has 0 saturated heterocycles. The van der Waals surface area contributed by atoms with E-state index in [9.17, 15) is 9.90 Å². The number of rotatable bonds is 3. The van der Waals surface area contributed by atoms with E-state index in [4.69, 9.17) is 0 Å². The highest BCUT2D eigenvalue weighted by molar-refractivity contribution is 5.89. The zero-order chi connectivity index (χ0) is 13.8. The molecule has 0 radical (unpaired) electrons. The molecule has 0 amide bonds. The number of carbonyl (C=O) groups excluding carboxylic acids is 1. The number of carbonyl (C=O) groups is 1. The molecule has 2 rings (SSSR count). The predicted octanol–water partition coefficient (Wildman–Crippen LogP) is 2.26. The average Bonchev–Trinajstić information content (AvgIpc) is 2.46. The second-order valence-corrected chi connectivity index (χ2v) is 4.28. The van der Waals surface area contributed by atoms with Crippen LogP contribution in [0.5, 0.6) is 0 Å². The van der Waals surface area contributed by atoms with Crippen LogP contribution in [0.2, 0.25) is 0 Å². The second-order valence-electron chi connectivity index (χ2n) is 4.28. The SMILES string of the molecule is COC(=O)c1ccc(C(O)c2ccc(C)cn2)cc1. The smallest absolute Gasteiger partial charge is 0.337 e. The molecule has 1 unspecified atom stereocenters. The van der Waals surface area contributed by atoms with Crippen LogP contribution in [0.15, 0.2) is 42.6 Å². The average molecular weight is 257 g/mol. The van der Waals surface area contributed by atoms with Gasteiger partial charge in [-0.25, -0.2) is 4.79 Å². The molecule has 0 saturated carbocycles. The maximum absolute atomic E-state index is 11.3. The first-order chi connectivity index (χ1) is 9.11. The molecular weight excluding hydrogens is 242 g/mol. The van der Waals surface area contributed by atoms with Gasteiger partial charge in [-0.2, -0.15) is 0 Å². The number of ether oxygens (including phenoxy) is 1. The summed E-state index contributed by atoms with van der Waals surface area (Å²) >= 11 is 0. The van der Waals surface area contributed by atoms with E-state index in [0.29, 0.717) is 16.8 Å². The lowest BCUT2D eigenvalue weighted by molar-refractivity contribution is 0.0600. The summed E-state index contributed by atoms with van der Waals surface area (Å²) in [6.45, 7) is 1.94. The van der Waals surface area contributed by atoms with E-state index >= 15 is 0 Å². The molecule has 0 spiro atoms. The fourth-order valence-corrected chi connectivity index (χ4v) is 1.73. The lowest BCUT2D eigenvalue weighted by Gasteiger charge is -2.11. The number of aliphatic hydroxyl groups is 1. The molecule has 0 aliphatic heterocycles. The minimum Gasteiger partial charge on any atom is -0.465 e. The van der Waals surface area contributed by atoms with Crippen LogP contribution in [-0.2, 0) is 4.74 Å². The third kappa shape index (κ3) is 2.98. The van der Waals surface area contributed by atoms with Gasteiger partial charge in [-0.3, -0.25) is 4.98 Å². The van der Waals surface area contributed by atoms with Gasteiger partial charge < -0.3 is 9.84 Å². The summed E-state index contributed by atoms with van der Waals surface area (Å²) in [5.74, 6) is -0.394. The Kier molecular flexibility index (Phi) is 3.92. The molecule has 0 aliphatic carbocycles. The van der Waals surface area contributed by atoms with Gasteiger partial charge in [0.05, 0.1) is 18.4 Å². The molecule has 98 valence electrons. The first-order valence-corrected chi connectivity index (χ1v) is 5.90. The topological polar surface area (TPSA) is 59.4 Å². The maximum atomic E-state index is 11.3. The summed E-state index contributed by atoms with van der Waals surface area (Å²) in [5, 5.41) is 10.2. The Bertz CT molecular complexity index is 561. The number of methoxy groups -OCH3 is 1. The molecule has 1 atom stereocenters. The Hall–Kier alpha value is -2.20. The van der Waals surface area contributed by atoms with Crippen molar-refractivity contribution in [1.29, 1.82) is 0 Å². The molecule has 0 fully saturated rings. The Labute approximate surface area is 111 Å². The van der Waals surface area contributed by atoms with Gasteiger partial charge in [0.25, 0.3) is 0 Å². The second kappa shape index (κ2) is 5.63. The normalized spacial score (nSPS) is 11.9. The molecule has 19 heavy (non-hydrogen) atoms. The molecule has 4 heteroatoms. The Balaban J connectivity index is 2.22. The van der Waals surface area contributed by atoms with Crippen LogP contribution in [0, 0.1) is 6.92 Å². The van der Waals surface area contributed by atoms with Crippen LogP contribution < -0.4 is 0 Å². The van der Waals surface area contributed by atoms with Gasteiger partial charge in [0, 0.05) is 6.20 Å². The first kappa shape index (κ1) is 13.2. The van der Waals surface area contributed by atoms with E-state index in [-0.39, 0.29) is 0 Å². The third-order valence-electron chi connectivity index (χ3n) is 2.86. The van der Waals surface area contributed by atoms with E-state index in [1.165, 1.54) is 7.11 Å². The van der Waals surface area contributed by atoms with Crippen molar-refractivity contribution in [3.8, 4) is 0 Å². The van der Waals surface area contributed by atoms with Crippen LogP contribution >= 0.6 is 0 Å². The maximum Gasteiger partial charge on any atom is 0.337 e. The van der Waals surface area contributed by atoms with E-state index in [0.717, 1.165) is 5.56 Å². The number of aryl methyl sites for hydroxylation is 1. The highest BCUT2D eigenvalue weighted by atomic mass is 16.5. The summed E-state index contributed by atoms with van der Waals surface area (Å²) in [5.41, 5.74) is 2.76. The van der Waals surface area contributed by atoms with Crippen molar-refractivity contribution < 1.29 is 14.6 Å². The van der Waals surface area contributed by atoms with E-state index in [2.05, 4.69) is 9.72 Å². The highest BCUT2D eigenvalue weighted by Gasteiger charge is 2.12. The van der Waals surface area contributed by atoms with E-state index in [1.54, 1.807) is 36.5 Å². The van der Waals surface area contributed by atoms with Gasteiger partial charge in [0.1, 0.15) is 6.10 Å². The highest BCUT2D eigenvalue weighted by Crippen LogP contribution is 2.20. The number of nitrogens with zero attached hydrogens (tertiary/aromatic N) is 1. The molecule has 0 aliphatic rings. The Morgan fingerprint density at radius 1 is 1.21 bits per heavy atom. The fraction of sp³-hybridized carbons (Fsp3) is 0.200. The Morgan fingerprint density at radius 2 is 1.89 bits per heavy atom. The largest absolute Gasteiger partial charge is 0.465 e. The zero-order valence-corrected chi connectivity index (χ0v) is 10.8. The number of esters is 1. The van der Waals surface area contributed by atoms with Crippen molar-refractivity contribution in [3.63, 3.8) is 0 Å². The number of hydrogen-bond donors (Lipinski definition) is 1. The van der Waals surface area contributed by atoms with Crippen molar-refractivity contribution in [2.45, 2.75) is 13.0 Å². The number of benzene rings is 1. The van der Waals surface area contributed by atoms with Crippen LogP contribution in [0.4, 0.5) is 0 Å². The lowest BCUT2D eigenvalue weighted by Crippen LogP contribution is -2.04. The van der Waals surface area contributed by atoms with Gasteiger partial charge in [-0.1, -0.05) is 18.2 Å². The van der Waals surface area contributed by atoms with Crippen molar-refractivity contribution in [1.82, 2.24) is 4.98 Å². The quantitative estimate of drug-likeness (QED) is 0.857. The van der Waals surface area contributed by atoms with Crippen molar-refractivity contribution >= 4 is 5.97 Å². The molecule has 2 aromatic rings. The fourth-order valence-electron chi connectivity index (χ4n) is 1.73. The van der Waals surface area contributed by atoms with Gasteiger partial charge >= 0.3 is 5.97 Å². The molecule has 1 heterocycles. The summed E-state index contributed by atoms with van der Waals surface area (Å²) in [6, 6.07) is 10.3. The van der Waals surface area contributed by atoms with Gasteiger partial charge in [0.15, 0.2) is 0 Å². The number of pyridine rings is 1. The lowest BCUT2D eigenvalue weighted by atomic mass is 10.0. The summed E-state index contributed by atoms with van der Waals surface area (Å²) < 4.78 is 4.62. The van der Waals surface area contributed by atoms with Crippen LogP contribution in [0.1, 0.15) is 33.3 Å². The molecule has 4 nitrogen and oxygen atoms in total. The third-order valence-corrected chi connectivity index (χ3v) is 2.86. The van der Waals surface area contributed by atoms with Gasteiger partial charge in [0.2, 0.25) is 0 Å². The summed E-state index contributed by atoms with van der Waals surface area (Å²) in [7, 11) is 1.33. The molecule has 0 bridgehead atoms. The first-order valence-electron chi connectivity index (χ1n) is 5.90. The van der Waals surface area contributed by atoms with E-state index < -0.39 is 12.1 Å². The number of aliphatic hydroxyl groups excluding tert-OH is 1. The molecule has 1 aromatic carbocycles.